The highest BCUT2D eigenvalue weighted by Gasteiger charge is 2.15. The van der Waals surface area contributed by atoms with Gasteiger partial charge in [-0.05, 0) is 60.1 Å². The number of quaternary nitrogens is 1. The van der Waals surface area contributed by atoms with Crippen LogP contribution >= 0.6 is 15.9 Å². The Hall–Kier alpha value is -2.18. The van der Waals surface area contributed by atoms with Crippen molar-refractivity contribution in [2.24, 2.45) is 0 Å². The summed E-state index contributed by atoms with van der Waals surface area (Å²) in [6.45, 7) is 3.78. The van der Waals surface area contributed by atoms with Crippen molar-refractivity contribution in [1.82, 2.24) is 0 Å². The minimum absolute atomic E-state index is 0.0728. The Bertz CT molecular complexity index is 777. The standard InChI is InChI=1S/C19H21BrN2O3/c1-12(14-8-9-18(25-3)16(20)10-14)21-11-19(24)22-17-7-5-4-6-15(17)13(2)23/h4-10,12,21H,11H2,1-3H3,(H,22,24)/p+1/t12-/m0/s1. The highest BCUT2D eigenvalue weighted by molar-refractivity contribution is 9.10. The molecule has 0 aliphatic rings. The fraction of sp³-hybridized carbons (Fsp3) is 0.263. The Labute approximate surface area is 155 Å². The molecule has 5 nitrogen and oxygen atoms in total. The van der Waals surface area contributed by atoms with Crippen molar-refractivity contribution in [2.75, 3.05) is 19.0 Å². The molecule has 0 heterocycles. The summed E-state index contributed by atoms with van der Waals surface area (Å²) in [5, 5.41) is 4.75. The number of hydrogen-bond donors (Lipinski definition) is 2. The quantitative estimate of drug-likeness (QED) is 0.695. The lowest BCUT2D eigenvalue weighted by Crippen LogP contribution is -2.86. The van der Waals surface area contributed by atoms with Crippen molar-refractivity contribution in [3.05, 3.63) is 58.1 Å². The van der Waals surface area contributed by atoms with Gasteiger partial charge in [0, 0.05) is 11.1 Å². The van der Waals surface area contributed by atoms with Gasteiger partial charge >= 0.3 is 0 Å². The summed E-state index contributed by atoms with van der Waals surface area (Å²) in [6.07, 6.45) is 0. The first-order valence-corrected chi connectivity index (χ1v) is 8.78. The van der Waals surface area contributed by atoms with Gasteiger partial charge in [0.05, 0.1) is 17.3 Å². The van der Waals surface area contributed by atoms with E-state index >= 15 is 0 Å². The predicted octanol–water partition coefficient (Wildman–Crippen LogP) is 2.92. The van der Waals surface area contributed by atoms with Crippen LogP contribution in [-0.2, 0) is 4.79 Å². The smallest absolute Gasteiger partial charge is 0.279 e. The predicted molar refractivity (Wildman–Crippen MR) is 101 cm³/mol. The number of nitrogens with one attached hydrogen (secondary N) is 1. The molecule has 6 heteroatoms. The summed E-state index contributed by atoms with van der Waals surface area (Å²) in [5.41, 5.74) is 2.15. The average molecular weight is 406 g/mol. The van der Waals surface area contributed by atoms with E-state index in [-0.39, 0.29) is 24.3 Å². The molecule has 0 bridgehead atoms. The van der Waals surface area contributed by atoms with Crippen LogP contribution in [0.15, 0.2) is 46.9 Å². The first kappa shape index (κ1) is 19.1. The Kier molecular flexibility index (Phi) is 6.73. The summed E-state index contributed by atoms with van der Waals surface area (Å²) < 4.78 is 6.11. The summed E-state index contributed by atoms with van der Waals surface area (Å²) in [6, 6.07) is 13.0. The molecule has 0 fully saturated rings. The van der Waals surface area contributed by atoms with Crippen LogP contribution in [0.4, 0.5) is 5.69 Å². The van der Waals surface area contributed by atoms with Crippen LogP contribution in [0, 0.1) is 0 Å². The van der Waals surface area contributed by atoms with Crippen molar-refractivity contribution in [3.8, 4) is 5.75 Å². The molecule has 2 aromatic carbocycles. The molecule has 0 unspecified atom stereocenters. The number of carbonyl (C=O) groups excluding carboxylic acids is 2. The van der Waals surface area contributed by atoms with E-state index in [1.54, 1.807) is 31.4 Å². The Morgan fingerprint density at radius 1 is 1.24 bits per heavy atom. The van der Waals surface area contributed by atoms with Gasteiger partial charge in [-0.2, -0.15) is 0 Å². The maximum absolute atomic E-state index is 12.2. The van der Waals surface area contributed by atoms with Crippen LogP contribution in [0.3, 0.4) is 0 Å². The first-order valence-electron chi connectivity index (χ1n) is 7.99. The van der Waals surface area contributed by atoms with E-state index in [4.69, 9.17) is 4.74 Å². The summed E-state index contributed by atoms with van der Waals surface area (Å²) in [7, 11) is 1.62. The van der Waals surface area contributed by atoms with E-state index in [0.717, 1.165) is 15.8 Å². The third-order valence-electron chi connectivity index (χ3n) is 3.94. The highest BCUT2D eigenvalue weighted by Crippen LogP contribution is 2.27. The molecule has 0 saturated carbocycles. The number of ketones is 1. The van der Waals surface area contributed by atoms with Crippen LogP contribution in [0.25, 0.3) is 0 Å². The van der Waals surface area contributed by atoms with Crippen LogP contribution in [-0.4, -0.2) is 25.3 Å². The van der Waals surface area contributed by atoms with Crippen molar-refractivity contribution in [3.63, 3.8) is 0 Å². The second kappa shape index (κ2) is 8.78. The zero-order valence-corrected chi connectivity index (χ0v) is 16.1. The molecular weight excluding hydrogens is 384 g/mol. The van der Waals surface area contributed by atoms with E-state index < -0.39 is 0 Å². The molecule has 0 saturated heterocycles. The minimum Gasteiger partial charge on any atom is -0.496 e. The summed E-state index contributed by atoms with van der Waals surface area (Å²) in [5.74, 6) is 0.555. The minimum atomic E-state index is -0.145. The van der Waals surface area contributed by atoms with Crippen LogP contribution < -0.4 is 15.4 Å². The zero-order valence-electron chi connectivity index (χ0n) is 14.5. The van der Waals surface area contributed by atoms with Crippen molar-refractivity contribution in [1.29, 1.82) is 0 Å². The number of amides is 1. The second-order valence-electron chi connectivity index (χ2n) is 5.77. The molecule has 3 N–H and O–H groups in total. The SMILES string of the molecule is COc1ccc([C@H](C)[NH2+]CC(=O)Nc2ccccc2C(C)=O)cc1Br. The second-order valence-corrected chi connectivity index (χ2v) is 6.63. The highest BCUT2D eigenvalue weighted by atomic mass is 79.9. The molecule has 1 atom stereocenters. The topological polar surface area (TPSA) is 72.0 Å². The first-order chi connectivity index (χ1) is 11.9. The number of rotatable bonds is 7. The number of ether oxygens (including phenoxy) is 1. The largest absolute Gasteiger partial charge is 0.496 e. The van der Waals surface area contributed by atoms with E-state index in [9.17, 15) is 9.59 Å². The van der Waals surface area contributed by atoms with Crippen molar-refractivity contribution < 1.29 is 19.6 Å². The van der Waals surface area contributed by atoms with E-state index in [1.165, 1.54) is 6.92 Å². The maximum atomic E-state index is 12.2. The molecule has 132 valence electrons. The molecule has 25 heavy (non-hydrogen) atoms. The van der Waals surface area contributed by atoms with Crippen LogP contribution in [0.1, 0.15) is 35.8 Å². The number of benzene rings is 2. The van der Waals surface area contributed by atoms with Crippen molar-refractivity contribution in [2.45, 2.75) is 19.9 Å². The molecule has 0 aliphatic carbocycles. The van der Waals surface area contributed by atoms with Gasteiger partial charge in [0.1, 0.15) is 11.8 Å². The number of para-hydroxylation sites is 1. The third kappa shape index (κ3) is 5.14. The number of Topliss-reactive ketones (excluding diaryl/α,β-unsaturated/α-hetero) is 1. The molecule has 1 amide bonds. The van der Waals surface area contributed by atoms with Gasteiger partial charge in [-0.25, -0.2) is 0 Å². The van der Waals surface area contributed by atoms with Gasteiger partial charge < -0.3 is 15.4 Å². The zero-order chi connectivity index (χ0) is 18.4. The number of carbonyl (C=O) groups is 2. The van der Waals surface area contributed by atoms with Gasteiger partial charge in [-0.3, -0.25) is 9.59 Å². The lowest BCUT2D eigenvalue weighted by molar-refractivity contribution is -0.682. The van der Waals surface area contributed by atoms with E-state index in [1.807, 2.05) is 30.4 Å². The number of anilines is 1. The fourth-order valence-electron chi connectivity index (χ4n) is 2.49. The lowest BCUT2D eigenvalue weighted by Gasteiger charge is -2.13. The van der Waals surface area contributed by atoms with E-state index in [0.29, 0.717) is 11.3 Å². The lowest BCUT2D eigenvalue weighted by atomic mass is 10.1. The summed E-state index contributed by atoms with van der Waals surface area (Å²) in [4.78, 5) is 23.8. The molecule has 2 rings (SSSR count). The maximum Gasteiger partial charge on any atom is 0.279 e. The van der Waals surface area contributed by atoms with E-state index in [2.05, 4.69) is 21.2 Å². The van der Waals surface area contributed by atoms with Gasteiger partial charge in [-0.15, -0.1) is 0 Å². The Morgan fingerprint density at radius 3 is 2.60 bits per heavy atom. The van der Waals surface area contributed by atoms with Crippen LogP contribution in [0.5, 0.6) is 5.75 Å². The van der Waals surface area contributed by atoms with Gasteiger partial charge in [0.2, 0.25) is 0 Å². The molecule has 0 spiro atoms. The number of nitrogens with two attached hydrogens (primary N) is 1. The number of methoxy groups -OCH3 is 1. The van der Waals surface area contributed by atoms with Gasteiger partial charge in [-0.1, -0.05) is 12.1 Å². The molecule has 2 aromatic rings. The summed E-state index contributed by atoms with van der Waals surface area (Å²) >= 11 is 3.47. The molecule has 0 radical (unpaired) electrons. The fourth-order valence-corrected chi connectivity index (χ4v) is 3.04. The Morgan fingerprint density at radius 2 is 1.96 bits per heavy atom. The number of halogens is 1. The van der Waals surface area contributed by atoms with Gasteiger partial charge in [0.25, 0.3) is 5.91 Å². The monoisotopic (exact) mass is 405 g/mol. The van der Waals surface area contributed by atoms with Gasteiger partial charge in [0.15, 0.2) is 12.3 Å². The number of hydrogen-bond acceptors (Lipinski definition) is 3. The molecular formula is C19H22BrN2O3+. The average Bonchev–Trinajstić information content (AvgIpc) is 2.59. The van der Waals surface area contributed by atoms with Crippen molar-refractivity contribution >= 4 is 33.3 Å². The third-order valence-corrected chi connectivity index (χ3v) is 4.56. The van der Waals surface area contributed by atoms with Crippen LogP contribution in [0.2, 0.25) is 0 Å². The normalized spacial score (nSPS) is 11.7. The Balaban J connectivity index is 1.96. The molecule has 0 aliphatic heterocycles. The molecule has 0 aromatic heterocycles.